The van der Waals surface area contributed by atoms with Gasteiger partial charge in [-0.05, 0) is 58.7 Å². The molecular formula is C11H24N2. The molecule has 13 heavy (non-hydrogen) atoms. The molecule has 1 fully saturated rings. The molecule has 1 aliphatic carbocycles. The lowest BCUT2D eigenvalue weighted by molar-refractivity contribution is 0.0764. The second kappa shape index (κ2) is 4.43. The van der Waals surface area contributed by atoms with Crippen LogP contribution >= 0.6 is 0 Å². The van der Waals surface area contributed by atoms with E-state index in [-0.39, 0.29) is 0 Å². The van der Waals surface area contributed by atoms with Gasteiger partial charge in [-0.1, -0.05) is 6.92 Å². The van der Waals surface area contributed by atoms with Crippen molar-refractivity contribution in [1.82, 2.24) is 4.90 Å². The Labute approximate surface area is 82.5 Å². The molecule has 0 aromatic heterocycles. The molecule has 0 bridgehead atoms. The number of hydrogen-bond donors (Lipinski definition) is 1. The lowest BCUT2D eigenvalue weighted by atomic mass is 9.74. The highest BCUT2D eigenvalue weighted by atomic mass is 15.1. The van der Waals surface area contributed by atoms with E-state index in [9.17, 15) is 0 Å². The van der Waals surface area contributed by atoms with E-state index in [0.29, 0.717) is 5.54 Å². The molecule has 0 spiro atoms. The van der Waals surface area contributed by atoms with Crippen LogP contribution in [0, 0.1) is 5.92 Å². The normalized spacial score (nSPS) is 35.3. The quantitative estimate of drug-likeness (QED) is 0.725. The van der Waals surface area contributed by atoms with Crippen molar-refractivity contribution in [2.24, 2.45) is 11.7 Å². The second-order valence-corrected chi connectivity index (χ2v) is 4.84. The number of rotatable bonds is 3. The van der Waals surface area contributed by atoms with Gasteiger partial charge >= 0.3 is 0 Å². The van der Waals surface area contributed by atoms with E-state index in [1.54, 1.807) is 0 Å². The van der Waals surface area contributed by atoms with E-state index < -0.39 is 0 Å². The summed E-state index contributed by atoms with van der Waals surface area (Å²) in [5.41, 5.74) is 6.11. The van der Waals surface area contributed by atoms with Gasteiger partial charge in [0.25, 0.3) is 0 Å². The van der Waals surface area contributed by atoms with Crippen molar-refractivity contribution in [3.05, 3.63) is 0 Å². The van der Waals surface area contributed by atoms with E-state index in [4.69, 9.17) is 5.73 Å². The van der Waals surface area contributed by atoms with Gasteiger partial charge in [0.15, 0.2) is 0 Å². The van der Waals surface area contributed by atoms with Gasteiger partial charge < -0.3 is 10.6 Å². The first-order chi connectivity index (χ1) is 6.10. The van der Waals surface area contributed by atoms with Crippen LogP contribution in [-0.2, 0) is 0 Å². The molecule has 0 unspecified atom stereocenters. The Kier molecular flexibility index (Phi) is 3.74. The molecule has 78 valence electrons. The monoisotopic (exact) mass is 184 g/mol. The molecule has 0 aromatic carbocycles. The zero-order valence-electron chi connectivity index (χ0n) is 9.34. The minimum absolute atomic E-state index is 0.418. The van der Waals surface area contributed by atoms with Crippen molar-refractivity contribution in [2.45, 2.75) is 44.6 Å². The van der Waals surface area contributed by atoms with Crippen molar-refractivity contribution < 1.29 is 0 Å². The maximum absolute atomic E-state index is 5.69. The third-order valence-electron chi connectivity index (χ3n) is 3.76. The minimum Gasteiger partial charge on any atom is -0.330 e. The maximum Gasteiger partial charge on any atom is 0.0215 e. The fourth-order valence-corrected chi connectivity index (χ4v) is 2.49. The molecule has 0 saturated heterocycles. The van der Waals surface area contributed by atoms with Crippen LogP contribution in [0.5, 0.6) is 0 Å². The third-order valence-corrected chi connectivity index (χ3v) is 3.76. The number of nitrogens with zero attached hydrogens (tertiary/aromatic N) is 1. The van der Waals surface area contributed by atoms with Crippen LogP contribution in [-0.4, -0.2) is 31.1 Å². The van der Waals surface area contributed by atoms with Crippen LogP contribution in [0.2, 0.25) is 0 Å². The van der Waals surface area contributed by atoms with Crippen molar-refractivity contribution in [1.29, 1.82) is 0 Å². The Balaban J connectivity index is 2.58. The van der Waals surface area contributed by atoms with Crippen LogP contribution in [0.3, 0.4) is 0 Å². The molecule has 1 saturated carbocycles. The van der Waals surface area contributed by atoms with Gasteiger partial charge in [-0.25, -0.2) is 0 Å². The summed E-state index contributed by atoms with van der Waals surface area (Å²) in [6.07, 6.45) is 6.57. The largest absolute Gasteiger partial charge is 0.330 e. The van der Waals surface area contributed by atoms with Gasteiger partial charge in [0.05, 0.1) is 0 Å². The molecule has 0 radical (unpaired) electrons. The van der Waals surface area contributed by atoms with Gasteiger partial charge in [0.2, 0.25) is 0 Å². The van der Waals surface area contributed by atoms with Crippen LogP contribution in [0.15, 0.2) is 0 Å². The van der Waals surface area contributed by atoms with Crippen molar-refractivity contribution in [3.8, 4) is 0 Å². The average molecular weight is 184 g/mol. The predicted molar refractivity (Wildman–Crippen MR) is 57.7 cm³/mol. The molecular weight excluding hydrogens is 160 g/mol. The summed E-state index contributed by atoms with van der Waals surface area (Å²) in [6.45, 7) is 3.19. The number of hydrogen-bond acceptors (Lipinski definition) is 2. The fraction of sp³-hybridized carbons (Fsp3) is 1.00. The number of nitrogens with two attached hydrogens (primary N) is 1. The van der Waals surface area contributed by atoms with Gasteiger partial charge in [-0.3, -0.25) is 0 Å². The Bertz CT molecular complexity index is 146. The second-order valence-electron chi connectivity index (χ2n) is 4.84. The first-order valence-corrected chi connectivity index (χ1v) is 5.48. The lowest BCUT2D eigenvalue weighted by Crippen LogP contribution is -2.48. The molecule has 0 heterocycles. The summed E-state index contributed by atoms with van der Waals surface area (Å²) in [5.74, 6) is 0.922. The summed E-state index contributed by atoms with van der Waals surface area (Å²) in [6, 6.07) is 0. The summed E-state index contributed by atoms with van der Waals surface area (Å²) >= 11 is 0. The first-order valence-electron chi connectivity index (χ1n) is 5.48. The summed E-state index contributed by atoms with van der Waals surface area (Å²) in [4.78, 5) is 2.39. The van der Waals surface area contributed by atoms with E-state index in [0.717, 1.165) is 18.9 Å². The Morgan fingerprint density at radius 2 is 1.85 bits per heavy atom. The predicted octanol–water partition coefficient (Wildman–Crippen LogP) is 1.85. The third kappa shape index (κ3) is 2.44. The summed E-state index contributed by atoms with van der Waals surface area (Å²) < 4.78 is 0. The summed E-state index contributed by atoms with van der Waals surface area (Å²) in [5, 5.41) is 0. The molecule has 0 aromatic rings. The van der Waals surface area contributed by atoms with E-state index in [2.05, 4.69) is 25.9 Å². The van der Waals surface area contributed by atoms with Crippen molar-refractivity contribution in [3.63, 3.8) is 0 Å². The molecule has 0 amide bonds. The highest BCUT2D eigenvalue weighted by molar-refractivity contribution is 4.92. The van der Waals surface area contributed by atoms with E-state index in [1.807, 2.05) is 0 Å². The molecule has 2 N–H and O–H groups in total. The lowest BCUT2D eigenvalue weighted by Gasteiger charge is -2.44. The van der Waals surface area contributed by atoms with Crippen LogP contribution < -0.4 is 5.73 Å². The smallest absolute Gasteiger partial charge is 0.0215 e. The molecule has 0 atom stereocenters. The Morgan fingerprint density at radius 1 is 1.31 bits per heavy atom. The van der Waals surface area contributed by atoms with Gasteiger partial charge in [0, 0.05) is 5.54 Å². The highest BCUT2D eigenvalue weighted by Gasteiger charge is 2.34. The van der Waals surface area contributed by atoms with Gasteiger partial charge in [0.1, 0.15) is 0 Å². The SMILES string of the molecule is CC1CCC(CCN)(N(C)C)CC1. The molecule has 1 aliphatic rings. The van der Waals surface area contributed by atoms with Crippen molar-refractivity contribution in [2.75, 3.05) is 20.6 Å². The van der Waals surface area contributed by atoms with E-state index in [1.165, 1.54) is 25.7 Å². The zero-order valence-corrected chi connectivity index (χ0v) is 9.34. The summed E-state index contributed by atoms with van der Waals surface area (Å²) in [7, 11) is 4.40. The minimum atomic E-state index is 0.418. The molecule has 2 nitrogen and oxygen atoms in total. The van der Waals surface area contributed by atoms with E-state index >= 15 is 0 Å². The van der Waals surface area contributed by atoms with Gasteiger partial charge in [-0.15, -0.1) is 0 Å². The molecule has 0 aliphatic heterocycles. The zero-order chi connectivity index (χ0) is 9.90. The standard InChI is InChI=1S/C11H24N2/c1-10-4-6-11(7-5-10,8-9-12)13(2)3/h10H,4-9,12H2,1-3H3. The Hall–Kier alpha value is -0.0800. The van der Waals surface area contributed by atoms with Crippen LogP contribution in [0.25, 0.3) is 0 Å². The fourth-order valence-electron chi connectivity index (χ4n) is 2.49. The topological polar surface area (TPSA) is 29.3 Å². The average Bonchev–Trinajstić information content (AvgIpc) is 2.09. The van der Waals surface area contributed by atoms with Crippen LogP contribution in [0.1, 0.15) is 39.0 Å². The Morgan fingerprint density at radius 3 is 2.23 bits per heavy atom. The van der Waals surface area contributed by atoms with Crippen LogP contribution in [0.4, 0.5) is 0 Å². The molecule has 1 rings (SSSR count). The maximum atomic E-state index is 5.69. The molecule has 2 heteroatoms. The van der Waals surface area contributed by atoms with Crippen molar-refractivity contribution >= 4 is 0 Å². The first kappa shape index (κ1) is 11.0. The highest BCUT2D eigenvalue weighted by Crippen LogP contribution is 2.37. The van der Waals surface area contributed by atoms with Gasteiger partial charge in [-0.2, -0.15) is 0 Å².